The number of nitrogens with one attached hydrogen (secondary N) is 1. The smallest absolute Gasteiger partial charge is 0.194 e. The number of para-hydroxylation sites is 1. The molecule has 0 saturated carbocycles. The van der Waals surface area contributed by atoms with Crippen LogP contribution >= 0.6 is 0 Å². The summed E-state index contributed by atoms with van der Waals surface area (Å²) in [5, 5.41) is 3.41. The molecule has 0 radical (unpaired) electrons. The van der Waals surface area contributed by atoms with Crippen LogP contribution in [0.15, 0.2) is 53.5 Å². The maximum Gasteiger partial charge on any atom is 0.194 e. The van der Waals surface area contributed by atoms with Crippen molar-refractivity contribution in [1.82, 2.24) is 10.2 Å². The Morgan fingerprint density at radius 2 is 1.96 bits per heavy atom. The van der Waals surface area contributed by atoms with Gasteiger partial charge in [0, 0.05) is 25.7 Å². The number of guanidine groups is 1. The molecule has 144 valence electrons. The zero-order valence-electron chi connectivity index (χ0n) is 16.0. The molecule has 0 bridgehead atoms. The maximum absolute atomic E-state index is 13.2. The second-order valence-corrected chi connectivity index (χ2v) is 6.60. The van der Waals surface area contributed by atoms with Crippen molar-refractivity contribution >= 4 is 5.96 Å². The van der Waals surface area contributed by atoms with Gasteiger partial charge in [-0.05, 0) is 30.7 Å². The van der Waals surface area contributed by atoms with Gasteiger partial charge in [-0.1, -0.05) is 30.3 Å². The van der Waals surface area contributed by atoms with Gasteiger partial charge in [-0.25, -0.2) is 4.39 Å². The topological polar surface area (TPSA) is 46.1 Å². The highest BCUT2D eigenvalue weighted by Gasteiger charge is 2.28. The van der Waals surface area contributed by atoms with E-state index in [2.05, 4.69) is 15.2 Å². The molecule has 3 rings (SSSR count). The van der Waals surface area contributed by atoms with Crippen LogP contribution in [-0.2, 0) is 11.3 Å². The minimum Gasteiger partial charge on any atom is -0.496 e. The Morgan fingerprint density at radius 3 is 2.67 bits per heavy atom. The van der Waals surface area contributed by atoms with Crippen LogP contribution in [0.1, 0.15) is 24.2 Å². The van der Waals surface area contributed by atoms with Crippen LogP contribution in [0.25, 0.3) is 0 Å². The molecule has 1 saturated heterocycles. The summed E-state index contributed by atoms with van der Waals surface area (Å²) in [5.74, 6) is 1.41. The minimum atomic E-state index is -0.242. The summed E-state index contributed by atoms with van der Waals surface area (Å²) in [5.41, 5.74) is 2.03. The highest BCUT2D eigenvalue weighted by molar-refractivity contribution is 5.80. The van der Waals surface area contributed by atoms with Crippen molar-refractivity contribution in [3.63, 3.8) is 0 Å². The molecule has 1 fully saturated rings. The third kappa shape index (κ3) is 4.77. The van der Waals surface area contributed by atoms with Crippen LogP contribution in [-0.4, -0.2) is 44.2 Å². The number of rotatable bonds is 4. The van der Waals surface area contributed by atoms with Crippen LogP contribution in [0, 0.1) is 5.82 Å². The number of morpholine rings is 1. The fourth-order valence-corrected chi connectivity index (χ4v) is 3.34. The summed E-state index contributed by atoms with van der Waals surface area (Å²) in [6.07, 6.45) is -0.0854. The second kappa shape index (κ2) is 8.86. The molecule has 2 atom stereocenters. The number of halogens is 1. The van der Waals surface area contributed by atoms with Crippen LogP contribution in [0.3, 0.4) is 0 Å². The first kappa shape index (κ1) is 19.2. The Bertz CT molecular complexity index is 779. The number of hydrogen-bond donors (Lipinski definition) is 1. The Morgan fingerprint density at radius 1 is 1.22 bits per heavy atom. The molecule has 27 heavy (non-hydrogen) atoms. The fraction of sp³-hybridized carbons (Fsp3) is 0.381. The molecule has 1 N–H and O–H groups in total. The Labute approximate surface area is 159 Å². The molecule has 5 nitrogen and oxygen atoms in total. The lowest BCUT2D eigenvalue weighted by Gasteiger charge is -2.38. The summed E-state index contributed by atoms with van der Waals surface area (Å²) in [7, 11) is 3.45. The molecule has 1 aliphatic heterocycles. The van der Waals surface area contributed by atoms with E-state index < -0.39 is 0 Å². The van der Waals surface area contributed by atoms with E-state index in [1.165, 1.54) is 12.1 Å². The summed E-state index contributed by atoms with van der Waals surface area (Å²) in [4.78, 5) is 6.61. The summed E-state index contributed by atoms with van der Waals surface area (Å²) < 4.78 is 24.7. The molecule has 2 unspecified atom stereocenters. The van der Waals surface area contributed by atoms with Gasteiger partial charge in [0.2, 0.25) is 0 Å². The van der Waals surface area contributed by atoms with E-state index in [-0.39, 0.29) is 18.0 Å². The largest absolute Gasteiger partial charge is 0.496 e. The minimum absolute atomic E-state index is 0.0404. The van der Waals surface area contributed by atoms with Gasteiger partial charge in [-0.3, -0.25) is 4.99 Å². The quantitative estimate of drug-likeness (QED) is 0.661. The number of hydrogen-bond acceptors (Lipinski definition) is 3. The average Bonchev–Trinajstić information content (AvgIpc) is 2.69. The van der Waals surface area contributed by atoms with Gasteiger partial charge in [0.25, 0.3) is 0 Å². The predicted molar refractivity (Wildman–Crippen MR) is 104 cm³/mol. The lowest BCUT2D eigenvalue weighted by molar-refractivity contribution is -0.0605. The lowest BCUT2D eigenvalue weighted by Crippen LogP contribution is -2.50. The SMILES string of the molecule is CN=C(NCc1ccccc1OC)N1CC(C)OC(c2ccc(F)cc2)C1. The van der Waals surface area contributed by atoms with Gasteiger partial charge in [0.15, 0.2) is 5.96 Å². The third-order valence-corrected chi connectivity index (χ3v) is 4.64. The van der Waals surface area contributed by atoms with Crippen molar-refractivity contribution in [1.29, 1.82) is 0 Å². The molecular weight excluding hydrogens is 345 g/mol. The van der Waals surface area contributed by atoms with Crippen LogP contribution in [0.4, 0.5) is 4.39 Å². The monoisotopic (exact) mass is 371 g/mol. The molecule has 2 aromatic rings. The number of ether oxygens (including phenoxy) is 2. The van der Waals surface area contributed by atoms with Gasteiger partial charge in [-0.15, -0.1) is 0 Å². The Balaban J connectivity index is 1.69. The first-order valence-electron chi connectivity index (χ1n) is 9.09. The molecule has 0 amide bonds. The second-order valence-electron chi connectivity index (χ2n) is 6.60. The van der Waals surface area contributed by atoms with Gasteiger partial charge < -0.3 is 19.7 Å². The fourth-order valence-electron chi connectivity index (χ4n) is 3.34. The number of methoxy groups -OCH3 is 1. The molecule has 0 spiro atoms. The molecule has 2 aromatic carbocycles. The van der Waals surface area contributed by atoms with E-state index in [4.69, 9.17) is 9.47 Å². The maximum atomic E-state index is 13.2. The number of aliphatic imine (C=N–C) groups is 1. The normalized spacial score (nSPS) is 20.4. The van der Waals surface area contributed by atoms with E-state index in [0.717, 1.165) is 29.4 Å². The van der Waals surface area contributed by atoms with Crippen molar-refractivity contribution in [2.75, 3.05) is 27.2 Å². The summed E-state index contributed by atoms with van der Waals surface area (Å²) in [6, 6.07) is 14.4. The first-order valence-corrected chi connectivity index (χ1v) is 9.09. The van der Waals surface area contributed by atoms with E-state index in [1.54, 1.807) is 26.3 Å². The van der Waals surface area contributed by atoms with Gasteiger partial charge in [0.1, 0.15) is 17.7 Å². The Hall–Kier alpha value is -2.60. The number of benzene rings is 2. The van der Waals surface area contributed by atoms with Crippen LogP contribution < -0.4 is 10.1 Å². The van der Waals surface area contributed by atoms with Crippen molar-refractivity contribution in [2.24, 2.45) is 4.99 Å². The van der Waals surface area contributed by atoms with Crippen LogP contribution in [0.5, 0.6) is 5.75 Å². The van der Waals surface area contributed by atoms with E-state index >= 15 is 0 Å². The molecular formula is C21H26FN3O2. The zero-order chi connectivity index (χ0) is 19.2. The molecule has 0 aromatic heterocycles. The Kier molecular flexibility index (Phi) is 6.29. The predicted octanol–water partition coefficient (Wildman–Crippen LogP) is 3.37. The average molecular weight is 371 g/mol. The van der Waals surface area contributed by atoms with Gasteiger partial charge >= 0.3 is 0 Å². The first-order chi connectivity index (χ1) is 13.1. The van der Waals surface area contributed by atoms with Crippen molar-refractivity contribution in [3.05, 3.63) is 65.5 Å². The van der Waals surface area contributed by atoms with Crippen LogP contribution in [0.2, 0.25) is 0 Å². The van der Waals surface area contributed by atoms with Crippen molar-refractivity contribution in [2.45, 2.75) is 25.7 Å². The highest BCUT2D eigenvalue weighted by atomic mass is 19.1. The number of nitrogens with zero attached hydrogens (tertiary/aromatic N) is 2. The van der Waals surface area contributed by atoms with Crippen molar-refractivity contribution < 1.29 is 13.9 Å². The third-order valence-electron chi connectivity index (χ3n) is 4.64. The zero-order valence-corrected chi connectivity index (χ0v) is 16.0. The molecule has 1 aliphatic rings. The molecule has 1 heterocycles. The standard InChI is InChI=1S/C21H26FN3O2/c1-15-13-25(14-20(27-15)16-8-10-18(22)11-9-16)21(23-2)24-12-17-6-4-5-7-19(17)26-3/h4-11,15,20H,12-14H2,1-3H3,(H,23,24). The highest BCUT2D eigenvalue weighted by Crippen LogP contribution is 2.25. The summed E-state index contributed by atoms with van der Waals surface area (Å²) in [6.45, 7) is 4.05. The van der Waals surface area contributed by atoms with Gasteiger partial charge in [-0.2, -0.15) is 0 Å². The van der Waals surface area contributed by atoms with E-state index in [1.807, 2.05) is 31.2 Å². The lowest BCUT2D eigenvalue weighted by atomic mass is 10.1. The van der Waals surface area contributed by atoms with E-state index in [0.29, 0.717) is 13.1 Å². The van der Waals surface area contributed by atoms with Crippen molar-refractivity contribution in [3.8, 4) is 5.75 Å². The van der Waals surface area contributed by atoms with Gasteiger partial charge in [0.05, 0.1) is 19.8 Å². The summed E-state index contributed by atoms with van der Waals surface area (Å²) >= 11 is 0. The molecule has 6 heteroatoms. The van der Waals surface area contributed by atoms with E-state index in [9.17, 15) is 4.39 Å². The molecule has 0 aliphatic carbocycles.